The highest BCUT2D eigenvalue weighted by Crippen LogP contribution is 2.70. The number of rotatable bonds is 0. The first-order valence-corrected chi connectivity index (χ1v) is 7.91. The molecule has 3 aliphatic carbocycles. The molecule has 2 saturated carbocycles. The van der Waals surface area contributed by atoms with Gasteiger partial charge < -0.3 is 0 Å². The lowest BCUT2D eigenvalue weighted by atomic mass is 9.53. The molecule has 0 aromatic heterocycles. The van der Waals surface area contributed by atoms with Gasteiger partial charge in [0.15, 0.2) is 11.6 Å². The van der Waals surface area contributed by atoms with Crippen molar-refractivity contribution in [2.45, 2.75) is 55.7 Å². The molecule has 0 aromatic carbocycles. The minimum absolute atomic E-state index is 0.0350. The van der Waals surface area contributed by atoms with Crippen LogP contribution in [0.25, 0.3) is 0 Å². The highest BCUT2D eigenvalue weighted by molar-refractivity contribution is 9.10. The maximum Gasteiger partial charge on any atom is 0.181 e. The van der Waals surface area contributed by atoms with Gasteiger partial charge in [-0.15, -0.1) is 11.6 Å². The first-order valence-electron chi connectivity index (χ1n) is 6.73. The molecule has 0 N–H and O–H groups in total. The molecule has 0 aromatic rings. The van der Waals surface area contributed by atoms with Crippen molar-refractivity contribution in [3.05, 3.63) is 11.6 Å². The minimum Gasteiger partial charge on any atom is -0.295 e. The molecule has 0 heterocycles. The maximum atomic E-state index is 12.8. The summed E-state index contributed by atoms with van der Waals surface area (Å²) >= 11 is 10.4. The first-order chi connectivity index (χ1) is 8.56. The summed E-state index contributed by atoms with van der Waals surface area (Å²) in [6.45, 7) is 6.20. The number of carbonyl (C=O) groups excluding carboxylic acids is 2. The van der Waals surface area contributed by atoms with Gasteiger partial charge in [0, 0.05) is 21.7 Å². The minimum atomic E-state index is -0.904. The van der Waals surface area contributed by atoms with Crippen LogP contribution in [0.15, 0.2) is 11.6 Å². The molecular weight excluding hydrogens is 328 g/mol. The highest BCUT2D eigenvalue weighted by atomic mass is 79.9. The van der Waals surface area contributed by atoms with E-state index in [1.165, 1.54) is 0 Å². The van der Waals surface area contributed by atoms with Gasteiger partial charge in [-0.05, 0) is 37.7 Å². The Labute approximate surface area is 127 Å². The molecule has 0 amide bonds. The Morgan fingerprint density at radius 1 is 1.21 bits per heavy atom. The molecule has 0 saturated heterocycles. The van der Waals surface area contributed by atoms with Gasteiger partial charge in [0.2, 0.25) is 0 Å². The van der Waals surface area contributed by atoms with Crippen LogP contribution in [0, 0.1) is 10.8 Å². The Bertz CT molecular complexity index is 534. The molecule has 2 bridgehead atoms. The maximum absolute atomic E-state index is 12.8. The molecule has 0 radical (unpaired) electrons. The van der Waals surface area contributed by atoms with E-state index >= 15 is 0 Å². The van der Waals surface area contributed by atoms with Crippen molar-refractivity contribution in [1.82, 2.24) is 0 Å². The van der Waals surface area contributed by atoms with E-state index in [9.17, 15) is 9.59 Å². The SMILES string of the molecule is CC1(C)CC(=O)C=C2C(=O)C3(Cl)CC21CCC3(C)Br. The third-order valence-corrected chi connectivity index (χ3v) is 7.75. The second-order valence-corrected chi connectivity index (χ2v) is 9.57. The van der Waals surface area contributed by atoms with Crippen LogP contribution in [0.4, 0.5) is 0 Å². The van der Waals surface area contributed by atoms with Crippen LogP contribution in [0.1, 0.15) is 46.5 Å². The number of hydrogen-bond acceptors (Lipinski definition) is 2. The number of fused-ring (bicyclic) bond motifs is 1. The molecule has 1 spiro atoms. The third-order valence-electron chi connectivity index (χ3n) is 5.73. The third kappa shape index (κ3) is 1.44. The van der Waals surface area contributed by atoms with Gasteiger partial charge in [-0.1, -0.05) is 29.8 Å². The van der Waals surface area contributed by atoms with Crippen LogP contribution in [0.3, 0.4) is 0 Å². The summed E-state index contributed by atoms with van der Waals surface area (Å²) in [5.74, 6) is 0.0234. The summed E-state index contributed by atoms with van der Waals surface area (Å²) in [5.41, 5.74) is 0.281. The molecule has 3 rings (SSSR count). The van der Waals surface area contributed by atoms with Crippen molar-refractivity contribution < 1.29 is 9.59 Å². The Morgan fingerprint density at radius 2 is 1.84 bits per heavy atom. The smallest absolute Gasteiger partial charge is 0.181 e. The van der Waals surface area contributed by atoms with E-state index in [2.05, 4.69) is 29.8 Å². The summed E-state index contributed by atoms with van der Waals surface area (Å²) < 4.78 is -0.388. The zero-order valence-electron chi connectivity index (χ0n) is 11.5. The van der Waals surface area contributed by atoms with Crippen molar-refractivity contribution in [3.8, 4) is 0 Å². The van der Waals surface area contributed by atoms with Gasteiger partial charge in [0.25, 0.3) is 0 Å². The average molecular weight is 346 g/mol. The predicted molar refractivity (Wildman–Crippen MR) is 78.7 cm³/mol. The first kappa shape index (κ1) is 13.8. The number of carbonyl (C=O) groups is 2. The quantitative estimate of drug-likeness (QED) is 0.626. The molecule has 104 valence electrons. The van der Waals surface area contributed by atoms with E-state index in [1.54, 1.807) is 6.08 Å². The summed E-state index contributed by atoms with van der Waals surface area (Å²) in [6, 6.07) is 0. The lowest BCUT2D eigenvalue weighted by molar-refractivity contribution is -0.121. The molecule has 0 aliphatic heterocycles. The Kier molecular flexibility index (Phi) is 2.57. The normalized spacial score (nSPS) is 47.9. The van der Waals surface area contributed by atoms with Crippen molar-refractivity contribution >= 4 is 39.1 Å². The van der Waals surface area contributed by atoms with Crippen LogP contribution in [-0.2, 0) is 9.59 Å². The fourth-order valence-electron chi connectivity index (χ4n) is 4.28. The fraction of sp³-hybridized carbons (Fsp3) is 0.733. The van der Waals surface area contributed by atoms with E-state index in [1.807, 2.05) is 6.92 Å². The van der Waals surface area contributed by atoms with Crippen molar-refractivity contribution in [2.24, 2.45) is 10.8 Å². The van der Waals surface area contributed by atoms with E-state index in [0.29, 0.717) is 18.4 Å². The van der Waals surface area contributed by atoms with Crippen molar-refractivity contribution in [2.75, 3.05) is 0 Å². The van der Waals surface area contributed by atoms with Crippen molar-refractivity contribution in [3.63, 3.8) is 0 Å². The molecule has 4 heteroatoms. The van der Waals surface area contributed by atoms with Gasteiger partial charge in [-0.2, -0.15) is 0 Å². The molecule has 3 unspecified atom stereocenters. The van der Waals surface area contributed by atoms with E-state index in [-0.39, 0.29) is 26.7 Å². The second-order valence-electron chi connectivity index (χ2n) is 7.17. The van der Waals surface area contributed by atoms with E-state index in [0.717, 1.165) is 12.8 Å². The summed E-state index contributed by atoms with van der Waals surface area (Å²) in [7, 11) is 0. The number of ketones is 2. The van der Waals surface area contributed by atoms with Gasteiger partial charge in [0.05, 0.1) is 0 Å². The molecule has 3 aliphatic rings. The van der Waals surface area contributed by atoms with Crippen LogP contribution >= 0.6 is 27.5 Å². The predicted octanol–water partition coefficient (Wildman–Crippen LogP) is 3.80. The summed E-state index contributed by atoms with van der Waals surface area (Å²) in [6.07, 6.45) is 4.51. The van der Waals surface area contributed by atoms with Gasteiger partial charge in [-0.25, -0.2) is 0 Å². The Balaban J connectivity index is 2.25. The molecule has 2 nitrogen and oxygen atoms in total. The van der Waals surface area contributed by atoms with Crippen LogP contribution in [0.2, 0.25) is 0 Å². The lowest BCUT2D eigenvalue weighted by Crippen LogP contribution is -2.52. The number of alkyl halides is 2. The standard InChI is InChI=1S/C15H18BrClO2/c1-12(2)7-9(18)6-10-11(19)15(17)8-14(10,12)5-4-13(15,3)16/h6H,4-5,7-8H2,1-3H3. The zero-order valence-corrected chi connectivity index (χ0v) is 13.8. The second kappa shape index (κ2) is 3.54. The Hall–Kier alpha value is -0.150. The largest absolute Gasteiger partial charge is 0.295 e. The van der Waals surface area contributed by atoms with E-state index in [4.69, 9.17) is 11.6 Å². The molecule has 19 heavy (non-hydrogen) atoms. The molecular formula is C15H18BrClO2. The van der Waals surface area contributed by atoms with Gasteiger partial charge in [0.1, 0.15) is 4.87 Å². The van der Waals surface area contributed by atoms with Crippen molar-refractivity contribution in [1.29, 1.82) is 0 Å². The van der Waals surface area contributed by atoms with Crippen LogP contribution < -0.4 is 0 Å². The number of Topliss-reactive ketones (excluding diaryl/α,β-unsaturated/α-hetero) is 1. The number of allylic oxidation sites excluding steroid dienone is 2. The fourth-order valence-corrected chi connectivity index (χ4v) is 5.22. The molecule has 2 fully saturated rings. The number of hydrogen-bond donors (Lipinski definition) is 0. The monoisotopic (exact) mass is 344 g/mol. The topological polar surface area (TPSA) is 34.1 Å². The van der Waals surface area contributed by atoms with Gasteiger partial charge in [-0.3, -0.25) is 9.59 Å². The van der Waals surface area contributed by atoms with Crippen LogP contribution in [-0.4, -0.2) is 20.8 Å². The highest BCUT2D eigenvalue weighted by Gasteiger charge is 2.71. The summed E-state index contributed by atoms with van der Waals surface area (Å²) in [4.78, 5) is 23.8. The van der Waals surface area contributed by atoms with Gasteiger partial charge >= 0.3 is 0 Å². The summed E-state index contributed by atoms with van der Waals surface area (Å²) in [5, 5.41) is 0. The molecule has 3 atom stereocenters. The number of halogens is 2. The van der Waals surface area contributed by atoms with E-state index < -0.39 is 4.87 Å². The van der Waals surface area contributed by atoms with Crippen LogP contribution in [0.5, 0.6) is 0 Å². The lowest BCUT2D eigenvalue weighted by Gasteiger charge is -2.52. The zero-order chi connectivity index (χ0) is 14.3. The Morgan fingerprint density at radius 3 is 2.47 bits per heavy atom. The average Bonchev–Trinajstić information content (AvgIpc) is 2.46.